The molecule has 0 saturated carbocycles. The highest BCUT2D eigenvalue weighted by molar-refractivity contribution is 7.16. The van der Waals surface area contributed by atoms with Crippen molar-refractivity contribution < 1.29 is 19.2 Å². The smallest absolute Gasteiger partial charge is 0.338 e. The minimum absolute atomic E-state index is 0.0508. The summed E-state index contributed by atoms with van der Waals surface area (Å²) in [5.41, 5.74) is 0.656. The van der Waals surface area contributed by atoms with Crippen LogP contribution in [0.1, 0.15) is 31.5 Å². The molecule has 0 atom stereocenters. The van der Waals surface area contributed by atoms with Gasteiger partial charge < -0.3 is 14.9 Å². The first-order chi connectivity index (χ1) is 8.47. The van der Waals surface area contributed by atoms with Gasteiger partial charge in [-0.25, -0.2) is 4.79 Å². The molecule has 0 unspecified atom stereocenters. The lowest BCUT2D eigenvalue weighted by atomic mass is 10.3. The van der Waals surface area contributed by atoms with Crippen LogP contribution in [0, 0.1) is 13.8 Å². The van der Waals surface area contributed by atoms with E-state index in [1.54, 1.807) is 13.8 Å². The summed E-state index contributed by atoms with van der Waals surface area (Å²) < 4.78 is 4.80. The topological polar surface area (TPSA) is 92.4 Å². The molecule has 0 aromatic carbocycles. The van der Waals surface area contributed by atoms with E-state index in [-0.39, 0.29) is 11.3 Å². The van der Waals surface area contributed by atoms with Crippen LogP contribution in [0.4, 0.5) is 5.00 Å². The Hall–Kier alpha value is -2.15. The number of aromatic nitrogens is 1. The van der Waals surface area contributed by atoms with Crippen LogP contribution >= 0.6 is 11.3 Å². The van der Waals surface area contributed by atoms with Crippen LogP contribution in [0.25, 0.3) is 0 Å². The SMILES string of the molecule is Cc1cc(C(=O)Nc2sc(C)cc2C(=O)O)on1. The number of aromatic carboxylic acids is 1. The number of nitrogens with zero attached hydrogens (tertiary/aromatic N) is 1. The summed E-state index contributed by atoms with van der Waals surface area (Å²) in [5, 5.41) is 15.4. The molecule has 0 aliphatic carbocycles. The van der Waals surface area contributed by atoms with Crippen molar-refractivity contribution in [2.45, 2.75) is 13.8 Å². The highest BCUT2D eigenvalue weighted by atomic mass is 32.1. The average molecular weight is 266 g/mol. The number of nitrogens with one attached hydrogen (secondary N) is 1. The third kappa shape index (κ3) is 2.40. The largest absolute Gasteiger partial charge is 0.478 e. The Balaban J connectivity index is 2.24. The van der Waals surface area contributed by atoms with E-state index in [9.17, 15) is 9.59 Å². The quantitative estimate of drug-likeness (QED) is 0.889. The van der Waals surface area contributed by atoms with Crippen molar-refractivity contribution in [1.82, 2.24) is 5.16 Å². The van der Waals surface area contributed by atoms with E-state index in [0.717, 1.165) is 4.88 Å². The summed E-state index contributed by atoms with van der Waals surface area (Å²) in [6, 6.07) is 2.99. The van der Waals surface area contributed by atoms with Gasteiger partial charge in [0.25, 0.3) is 5.91 Å². The number of anilines is 1. The first kappa shape index (κ1) is 12.3. The zero-order valence-electron chi connectivity index (χ0n) is 9.68. The normalized spacial score (nSPS) is 10.3. The average Bonchev–Trinajstić information content (AvgIpc) is 2.85. The predicted octanol–water partition coefficient (Wildman–Crippen LogP) is 2.30. The highest BCUT2D eigenvalue weighted by Crippen LogP contribution is 2.28. The molecular weight excluding hydrogens is 256 g/mol. The Morgan fingerprint density at radius 3 is 2.67 bits per heavy atom. The maximum Gasteiger partial charge on any atom is 0.338 e. The molecule has 0 radical (unpaired) electrons. The van der Waals surface area contributed by atoms with Gasteiger partial charge in [0, 0.05) is 10.9 Å². The second kappa shape index (κ2) is 4.61. The molecule has 2 heterocycles. The maximum atomic E-state index is 11.8. The molecular formula is C11H10N2O4S. The molecule has 2 aromatic rings. The highest BCUT2D eigenvalue weighted by Gasteiger charge is 2.18. The zero-order chi connectivity index (χ0) is 13.3. The summed E-state index contributed by atoms with van der Waals surface area (Å²) in [4.78, 5) is 23.6. The first-order valence-corrected chi connectivity index (χ1v) is 5.87. The molecule has 0 spiro atoms. The lowest BCUT2D eigenvalue weighted by Crippen LogP contribution is -2.12. The van der Waals surface area contributed by atoms with E-state index in [1.807, 2.05) is 0 Å². The van der Waals surface area contributed by atoms with Crippen LogP contribution in [-0.2, 0) is 0 Å². The van der Waals surface area contributed by atoms with E-state index in [0.29, 0.717) is 10.7 Å². The zero-order valence-corrected chi connectivity index (χ0v) is 10.5. The van der Waals surface area contributed by atoms with Gasteiger partial charge in [0.05, 0.1) is 11.3 Å². The summed E-state index contributed by atoms with van der Waals surface area (Å²) in [7, 11) is 0. The molecule has 2 N–H and O–H groups in total. The van der Waals surface area contributed by atoms with E-state index in [1.165, 1.54) is 23.5 Å². The number of hydrogen-bond acceptors (Lipinski definition) is 5. The molecule has 1 amide bonds. The fourth-order valence-electron chi connectivity index (χ4n) is 1.40. The molecule has 0 fully saturated rings. The van der Waals surface area contributed by atoms with Gasteiger partial charge >= 0.3 is 5.97 Å². The summed E-state index contributed by atoms with van der Waals surface area (Å²) in [6.07, 6.45) is 0. The van der Waals surface area contributed by atoms with Gasteiger partial charge in [-0.1, -0.05) is 5.16 Å². The van der Waals surface area contributed by atoms with Gasteiger partial charge in [-0.3, -0.25) is 4.79 Å². The summed E-state index contributed by atoms with van der Waals surface area (Å²) >= 11 is 1.20. The molecule has 7 heteroatoms. The van der Waals surface area contributed by atoms with Crippen molar-refractivity contribution in [2.24, 2.45) is 0 Å². The fraction of sp³-hybridized carbons (Fsp3) is 0.182. The van der Waals surface area contributed by atoms with E-state index < -0.39 is 11.9 Å². The number of carboxylic acids is 1. The van der Waals surface area contributed by atoms with Crippen molar-refractivity contribution >= 4 is 28.2 Å². The van der Waals surface area contributed by atoms with Gasteiger partial charge in [0.2, 0.25) is 5.76 Å². The Morgan fingerprint density at radius 2 is 2.11 bits per heavy atom. The van der Waals surface area contributed by atoms with Crippen molar-refractivity contribution in [3.05, 3.63) is 34.0 Å². The van der Waals surface area contributed by atoms with Gasteiger partial charge in [-0.15, -0.1) is 11.3 Å². The Bertz CT molecular complexity index is 614. The second-order valence-corrected chi connectivity index (χ2v) is 4.95. The van der Waals surface area contributed by atoms with Crippen molar-refractivity contribution in [2.75, 3.05) is 5.32 Å². The van der Waals surface area contributed by atoms with E-state index in [4.69, 9.17) is 9.63 Å². The molecule has 0 saturated heterocycles. The van der Waals surface area contributed by atoms with Crippen LogP contribution < -0.4 is 5.32 Å². The maximum absolute atomic E-state index is 11.8. The number of thiophene rings is 1. The Kier molecular flexibility index (Phi) is 3.15. The van der Waals surface area contributed by atoms with Crippen LogP contribution in [0.3, 0.4) is 0 Å². The number of carboxylic acid groups (broad SMARTS) is 1. The van der Waals surface area contributed by atoms with Crippen molar-refractivity contribution in [3.63, 3.8) is 0 Å². The summed E-state index contributed by atoms with van der Waals surface area (Å²) in [6.45, 7) is 3.46. The number of carbonyl (C=O) groups excluding carboxylic acids is 1. The number of rotatable bonds is 3. The second-order valence-electron chi connectivity index (χ2n) is 3.69. The minimum Gasteiger partial charge on any atom is -0.478 e. The van der Waals surface area contributed by atoms with Crippen LogP contribution in [0.5, 0.6) is 0 Å². The third-order valence-electron chi connectivity index (χ3n) is 2.16. The third-order valence-corrected chi connectivity index (χ3v) is 3.13. The van der Waals surface area contributed by atoms with Crippen LogP contribution in [-0.4, -0.2) is 22.1 Å². The van der Waals surface area contributed by atoms with Crippen LogP contribution in [0.15, 0.2) is 16.7 Å². The van der Waals surface area contributed by atoms with Crippen LogP contribution in [0.2, 0.25) is 0 Å². The minimum atomic E-state index is -1.08. The van der Waals surface area contributed by atoms with E-state index in [2.05, 4.69) is 10.5 Å². The first-order valence-electron chi connectivity index (χ1n) is 5.06. The van der Waals surface area contributed by atoms with Gasteiger partial charge in [0.1, 0.15) is 5.00 Å². The van der Waals surface area contributed by atoms with Gasteiger partial charge in [-0.2, -0.15) is 0 Å². The van der Waals surface area contributed by atoms with E-state index >= 15 is 0 Å². The number of amides is 1. The lowest BCUT2D eigenvalue weighted by Gasteiger charge is -2.00. The lowest BCUT2D eigenvalue weighted by molar-refractivity contribution is 0.0698. The fourth-order valence-corrected chi connectivity index (χ4v) is 2.30. The molecule has 2 aromatic heterocycles. The molecule has 18 heavy (non-hydrogen) atoms. The van der Waals surface area contributed by atoms with Crippen molar-refractivity contribution in [3.8, 4) is 0 Å². The predicted molar refractivity (Wildman–Crippen MR) is 65.2 cm³/mol. The molecule has 2 rings (SSSR count). The Labute approximate surface area is 106 Å². The number of carbonyl (C=O) groups is 2. The molecule has 6 nitrogen and oxygen atoms in total. The number of hydrogen-bond donors (Lipinski definition) is 2. The van der Waals surface area contributed by atoms with Crippen molar-refractivity contribution in [1.29, 1.82) is 0 Å². The molecule has 0 aliphatic rings. The molecule has 0 bridgehead atoms. The van der Waals surface area contributed by atoms with Gasteiger partial charge in [0.15, 0.2) is 0 Å². The molecule has 94 valence electrons. The number of aryl methyl sites for hydroxylation is 2. The monoisotopic (exact) mass is 266 g/mol. The Morgan fingerprint density at radius 1 is 1.39 bits per heavy atom. The van der Waals surface area contributed by atoms with Gasteiger partial charge in [-0.05, 0) is 19.9 Å². The molecule has 0 aliphatic heterocycles. The summed E-state index contributed by atoms with van der Waals surface area (Å²) in [5.74, 6) is -1.54. The standard InChI is InChI=1S/C11H10N2O4S/c1-5-3-8(17-13-5)9(14)12-10-7(11(15)16)4-6(2)18-10/h3-4H,1-2H3,(H,12,14)(H,15,16).